The van der Waals surface area contributed by atoms with Gasteiger partial charge in [0.15, 0.2) is 11.2 Å². The van der Waals surface area contributed by atoms with Crippen LogP contribution in [-0.4, -0.2) is 50.2 Å². The molecule has 1 aliphatic rings. The topological polar surface area (TPSA) is 87.9 Å². The molecule has 2 N–H and O–H groups in total. The summed E-state index contributed by atoms with van der Waals surface area (Å²) in [5.41, 5.74) is 0.146. The summed E-state index contributed by atoms with van der Waals surface area (Å²) in [5.74, 6) is 0.808. The fourth-order valence-corrected chi connectivity index (χ4v) is 2.95. The van der Waals surface area contributed by atoms with E-state index in [1.807, 2.05) is 20.9 Å². The Balaban J connectivity index is 2.11. The van der Waals surface area contributed by atoms with Gasteiger partial charge < -0.3 is 9.88 Å². The largest absolute Gasteiger partial charge is 0.330 e. The first-order chi connectivity index (χ1) is 10.5. The number of nitrogens with one attached hydrogen (secondary N) is 2. The van der Waals surface area contributed by atoms with Crippen molar-refractivity contribution >= 4 is 11.2 Å². The van der Waals surface area contributed by atoms with Crippen LogP contribution in [0.5, 0.6) is 0 Å². The number of imidazole rings is 1. The van der Waals surface area contributed by atoms with Gasteiger partial charge in [-0.2, -0.15) is 0 Å². The Morgan fingerprint density at radius 1 is 1.23 bits per heavy atom. The minimum absolute atomic E-state index is 0.0613. The van der Waals surface area contributed by atoms with Gasteiger partial charge in [0.1, 0.15) is 5.82 Å². The van der Waals surface area contributed by atoms with Gasteiger partial charge in [-0.15, -0.1) is 0 Å². The molecule has 0 bridgehead atoms. The molecule has 3 heterocycles. The first kappa shape index (κ1) is 15.0. The molecule has 120 valence electrons. The van der Waals surface area contributed by atoms with Gasteiger partial charge in [-0.25, -0.2) is 9.78 Å². The number of H-pyrrole nitrogens is 1. The van der Waals surface area contributed by atoms with Gasteiger partial charge in [-0.3, -0.25) is 19.2 Å². The van der Waals surface area contributed by atoms with E-state index >= 15 is 0 Å². The summed E-state index contributed by atoms with van der Waals surface area (Å²) in [7, 11) is 1.83. The van der Waals surface area contributed by atoms with E-state index in [4.69, 9.17) is 0 Å². The average Bonchev–Trinajstić information content (AvgIpc) is 2.76. The maximum atomic E-state index is 12.1. The lowest BCUT2D eigenvalue weighted by Gasteiger charge is -2.26. The second-order valence-corrected chi connectivity index (χ2v) is 6.01. The zero-order chi connectivity index (χ0) is 15.9. The molecule has 0 amide bonds. The zero-order valence-electron chi connectivity index (χ0n) is 13.2. The van der Waals surface area contributed by atoms with Gasteiger partial charge in [0.05, 0.1) is 6.54 Å². The molecule has 0 radical (unpaired) electrons. The third-order valence-electron chi connectivity index (χ3n) is 4.14. The third kappa shape index (κ3) is 2.48. The van der Waals surface area contributed by atoms with E-state index in [2.05, 4.69) is 20.2 Å². The summed E-state index contributed by atoms with van der Waals surface area (Å²) in [6.45, 7) is 8.32. The van der Waals surface area contributed by atoms with Crippen molar-refractivity contribution in [1.82, 2.24) is 29.3 Å². The highest BCUT2D eigenvalue weighted by atomic mass is 16.2. The maximum absolute atomic E-state index is 12.1. The summed E-state index contributed by atoms with van der Waals surface area (Å²) in [5, 5.41) is 3.31. The van der Waals surface area contributed by atoms with Gasteiger partial charge in [0, 0.05) is 39.3 Å². The summed E-state index contributed by atoms with van der Waals surface area (Å²) in [4.78, 5) is 33.5. The Labute approximate surface area is 127 Å². The lowest BCUT2D eigenvalue weighted by Crippen LogP contribution is -2.43. The number of piperazine rings is 1. The first-order valence-electron chi connectivity index (χ1n) is 7.62. The van der Waals surface area contributed by atoms with Crippen LogP contribution >= 0.6 is 0 Å². The van der Waals surface area contributed by atoms with Gasteiger partial charge in [-0.1, -0.05) is 0 Å². The Kier molecular flexibility index (Phi) is 3.88. The van der Waals surface area contributed by atoms with Crippen LogP contribution in [0.15, 0.2) is 9.59 Å². The molecule has 2 aromatic rings. The highest BCUT2D eigenvalue weighted by Crippen LogP contribution is 2.14. The minimum atomic E-state index is -0.403. The van der Waals surface area contributed by atoms with Crippen LogP contribution in [-0.2, 0) is 13.6 Å². The highest BCUT2D eigenvalue weighted by Gasteiger charge is 2.20. The SMILES string of the molecule is CC(C)n1c(=O)[nH]c(=O)c2c1nc(CN1CCNCC1)n2C. The molecule has 0 unspecified atom stereocenters. The predicted octanol–water partition coefficient (Wildman–Crippen LogP) is -0.591. The quantitative estimate of drug-likeness (QED) is 0.791. The Bertz CT molecular complexity index is 794. The molecule has 22 heavy (non-hydrogen) atoms. The lowest BCUT2D eigenvalue weighted by atomic mass is 10.3. The molecular formula is C14H22N6O2. The smallest absolute Gasteiger partial charge is 0.324 e. The second kappa shape index (κ2) is 5.69. The fourth-order valence-electron chi connectivity index (χ4n) is 2.95. The van der Waals surface area contributed by atoms with E-state index in [9.17, 15) is 9.59 Å². The van der Waals surface area contributed by atoms with Crippen molar-refractivity contribution in [3.05, 3.63) is 26.7 Å². The molecule has 0 atom stereocenters. The summed E-state index contributed by atoms with van der Waals surface area (Å²) in [6, 6.07) is -0.0613. The van der Waals surface area contributed by atoms with Crippen LogP contribution in [0.2, 0.25) is 0 Å². The molecule has 8 heteroatoms. The van der Waals surface area contributed by atoms with Crippen molar-refractivity contribution in [1.29, 1.82) is 0 Å². The molecule has 0 aliphatic carbocycles. The van der Waals surface area contributed by atoms with E-state index in [-0.39, 0.29) is 11.6 Å². The van der Waals surface area contributed by atoms with Crippen LogP contribution in [0, 0.1) is 0 Å². The van der Waals surface area contributed by atoms with Crippen molar-refractivity contribution in [3.8, 4) is 0 Å². The van der Waals surface area contributed by atoms with Crippen LogP contribution in [0.3, 0.4) is 0 Å². The van der Waals surface area contributed by atoms with Crippen molar-refractivity contribution < 1.29 is 0 Å². The molecule has 2 aromatic heterocycles. The van der Waals surface area contributed by atoms with Crippen LogP contribution in [0.25, 0.3) is 11.2 Å². The molecule has 1 fully saturated rings. The third-order valence-corrected chi connectivity index (χ3v) is 4.14. The predicted molar refractivity (Wildman–Crippen MR) is 84.1 cm³/mol. The van der Waals surface area contributed by atoms with E-state index in [0.29, 0.717) is 17.7 Å². The standard InChI is InChI=1S/C14H22N6O2/c1-9(2)20-12-11(13(21)17-14(20)22)18(3)10(16-12)8-19-6-4-15-5-7-19/h9,15H,4-8H2,1-3H3,(H,17,21,22). The Morgan fingerprint density at radius 2 is 1.91 bits per heavy atom. The molecule has 0 aromatic carbocycles. The van der Waals surface area contributed by atoms with E-state index in [1.54, 1.807) is 4.57 Å². The number of aromatic nitrogens is 4. The number of nitrogens with zero attached hydrogens (tertiary/aromatic N) is 4. The molecule has 8 nitrogen and oxygen atoms in total. The van der Waals surface area contributed by atoms with Crippen molar-refractivity contribution in [2.45, 2.75) is 26.4 Å². The Morgan fingerprint density at radius 3 is 2.55 bits per heavy atom. The molecule has 0 saturated carbocycles. The number of aryl methyl sites for hydroxylation is 1. The summed E-state index contributed by atoms with van der Waals surface area (Å²) in [6.07, 6.45) is 0. The van der Waals surface area contributed by atoms with Gasteiger partial charge in [0.2, 0.25) is 0 Å². The average molecular weight is 306 g/mol. The zero-order valence-corrected chi connectivity index (χ0v) is 13.2. The maximum Gasteiger partial charge on any atom is 0.330 e. The van der Waals surface area contributed by atoms with E-state index in [0.717, 1.165) is 32.0 Å². The van der Waals surface area contributed by atoms with Crippen molar-refractivity contribution in [3.63, 3.8) is 0 Å². The van der Waals surface area contributed by atoms with Crippen LogP contribution in [0.4, 0.5) is 0 Å². The molecule has 0 spiro atoms. The number of hydrogen-bond acceptors (Lipinski definition) is 5. The van der Waals surface area contributed by atoms with Crippen LogP contribution < -0.4 is 16.6 Å². The van der Waals surface area contributed by atoms with Crippen molar-refractivity contribution in [2.75, 3.05) is 26.2 Å². The Hall–Kier alpha value is -1.93. The van der Waals surface area contributed by atoms with Crippen LogP contribution in [0.1, 0.15) is 25.7 Å². The fraction of sp³-hybridized carbons (Fsp3) is 0.643. The number of aromatic amines is 1. The lowest BCUT2D eigenvalue weighted by molar-refractivity contribution is 0.226. The van der Waals surface area contributed by atoms with Gasteiger partial charge in [0.25, 0.3) is 5.56 Å². The monoisotopic (exact) mass is 306 g/mol. The van der Waals surface area contributed by atoms with Gasteiger partial charge >= 0.3 is 5.69 Å². The number of fused-ring (bicyclic) bond motifs is 1. The minimum Gasteiger partial charge on any atom is -0.324 e. The number of rotatable bonds is 3. The molecular weight excluding hydrogens is 284 g/mol. The van der Waals surface area contributed by atoms with Gasteiger partial charge in [-0.05, 0) is 13.8 Å². The summed E-state index contributed by atoms with van der Waals surface area (Å²) < 4.78 is 3.34. The normalized spacial score (nSPS) is 16.7. The molecule has 3 rings (SSSR count). The van der Waals surface area contributed by atoms with E-state index in [1.165, 1.54) is 4.57 Å². The van der Waals surface area contributed by atoms with E-state index < -0.39 is 5.69 Å². The highest BCUT2D eigenvalue weighted by molar-refractivity contribution is 5.70. The van der Waals surface area contributed by atoms with Crippen molar-refractivity contribution in [2.24, 2.45) is 7.05 Å². The molecule has 1 aliphatic heterocycles. The molecule has 1 saturated heterocycles. The summed E-state index contributed by atoms with van der Waals surface area (Å²) >= 11 is 0. The second-order valence-electron chi connectivity index (χ2n) is 6.01. The number of hydrogen-bond donors (Lipinski definition) is 2. The first-order valence-corrected chi connectivity index (χ1v) is 7.62.